The largest absolute Gasteiger partial charge is 0.416 e. The summed E-state index contributed by atoms with van der Waals surface area (Å²) < 4.78 is 54.6. The van der Waals surface area contributed by atoms with Crippen molar-refractivity contribution in [2.45, 2.75) is 38.1 Å². The number of thiazole rings is 1. The Kier molecular flexibility index (Phi) is 7.62. The maximum Gasteiger partial charge on any atom is 0.416 e. The predicted octanol–water partition coefficient (Wildman–Crippen LogP) is 7.15. The van der Waals surface area contributed by atoms with Gasteiger partial charge in [-0.2, -0.15) is 13.2 Å². The van der Waals surface area contributed by atoms with Gasteiger partial charge in [-0.1, -0.05) is 42.5 Å². The first-order valence-electron chi connectivity index (χ1n) is 12.3. The maximum absolute atomic E-state index is 13.9. The SMILES string of the molecule is O=C(Nc1cc(F)cc(C(F)(F)F)c1)N(Cc1ccccc1)C1CCN(Cc2nc3ccccc3s2)CC1. The van der Waals surface area contributed by atoms with E-state index in [9.17, 15) is 22.4 Å². The van der Waals surface area contributed by atoms with E-state index >= 15 is 0 Å². The fraction of sp³-hybridized carbons (Fsp3) is 0.286. The van der Waals surface area contributed by atoms with Crippen molar-refractivity contribution in [2.75, 3.05) is 18.4 Å². The lowest BCUT2D eigenvalue weighted by Crippen LogP contribution is -2.48. The molecule has 5 rings (SSSR count). The van der Waals surface area contributed by atoms with Crippen LogP contribution < -0.4 is 5.32 Å². The Morgan fingerprint density at radius 3 is 2.45 bits per heavy atom. The van der Waals surface area contributed by atoms with Gasteiger partial charge in [0.1, 0.15) is 10.8 Å². The number of piperidine rings is 1. The predicted molar refractivity (Wildman–Crippen MR) is 140 cm³/mol. The van der Waals surface area contributed by atoms with Crippen LogP contribution in [-0.2, 0) is 19.3 Å². The highest BCUT2D eigenvalue weighted by molar-refractivity contribution is 7.18. The highest BCUT2D eigenvalue weighted by Gasteiger charge is 2.32. The molecule has 4 aromatic rings. The van der Waals surface area contributed by atoms with Crippen LogP contribution in [0.15, 0.2) is 72.8 Å². The summed E-state index contributed by atoms with van der Waals surface area (Å²) in [6.07, 6.45) is -3.33. The molecule has 0 saturated carbocycles. The number of halogens is 4. The third-order valence-corrected chi connectivity index (χ3v) is 7.65. The van der Waals surface area contributed by atoms with E-state index in [4.69, 9.17) is 4.98 Å². The number of benzene rings is 3. The minimum atomic E-state index is -4.72. The summed E-state index contributed by atoms with van der Waals surface area (Å²) in [5.41, 5.74) is 0.508. The number of anilines is 1. The summed E-state index contributed by atoms with van der Waals surface area (Å²) in [5.74, 6) is -1.06. The van der Waals surface area contributed by atoms with E-state index in [1.54, 1.807) is 16.2 Å². The number of nitrogens with one attached hydrogen (secondary N) is 1. The molecule has 0 radical (unpaired) electrons. The fourth-order valence-electron chi connectivity index (χ4n) is 4.74. The average Bonchev–Trinajstić information content (AvgIpc) is 3.30. The third-order valence-electron chi connectivity index (χ3n) is 6.63. The number of nitrogens with zero attached hydrogens (tertiary/aromatic N) is 3. The number of urea groups is 1. The van der Waals surface area contributed by atoms with Gasteiger partial charge in [0, 0.05) is 31.4 Å². The van der Waals surface area contributed by atoms with E-state index in [-0.39, 0.29) is 18.3 Å². The monoisotopic (exact) mass is 542 g/mol. The molecule has 2 heterocycles. The molecule has 198 valence electrons. The first-order chi connectivity index (χ1) is 18.2. The van der Waals surface area contributed by atoms with Gasteiger partial charge in [-0.25, -0.2) is 14.2 Å². The van der Waals surface area contributed by atoms with Crippen LogP contribution in [0.3, 0.4) is 0 Å². The molecule has 1 fully saturated rings. The smallest absolute Gasteiger partial charge is 0.317 e. The first-order valence-corrected chi connectivity index (χ1v) is 13.1. The van der Waals surface area contributed by atoms with E-state index in [0.29, 0.717) is 18.9 Å². The standard InChI is InChI=1S/C28H26F4N4OS/c29-21-14-20(28(30,31)32)15-22(16-21)33-27(37)36(17-19-6-2-1-3-7-19)23-10-12-35(13-11-23)18-26-34-24-8-4-5-9-25(24)38-26/h1-9,14-16,23H,10-13,17-18H2,(H,33,37). The van der Waals surface area contributed by atoms with Gasteiger partial charge < -0.3 is 10.2 Å². The Labute approximate surface area is 221 Å². The van der Waals surface area contributed by atoms with Gasteiger partial charge in [-0.3, -0.25) is 4.90 Å². The van der Waals surface area contributed by atoms with Crippen LogP contribution >= 0.6 is 11.3 Å². The normalized spacial score (nSPS) is 15.1. The maximum atomic E-state index is 13.9. The zero-order valence-electron chi connectivity index (χ0n) is 20.4. The molecule has 10 heteroatoms. The molecular formula is C28H26F4N4OS. The number of fused-ring (bicyclic) bond motifs is 1. The number of carbonyl (C=O) groups excluding carboxylic acids is 1. The Bertz CT molecular complexity index is 1370. The van der Waals surface area contributed by atoms with Crippen LogP contribution in [-0.4, -0.2) is 39.9 Å². The number of amides is 2. The molecule has 0 unspecified atom stereocenters. The number of rotatable bonds is 6. The molecule has 0 aliphatic carbocycles. The number of hydrogen-bond acceptors (Lipinski definition) is 4. The molecule has 1 aliphatic rings. The Balaban J connectivity index is 1.29. The van der Waals surface area contributed by atoms with Gasteiger partial charge in [0.2, 0.25) is 0 Å². The van der Waals surface area contributed by atoms with Crippen molar-refractivity contribution in [1.29, 1.82) is 0 Å². The lowest BCUT2D eigenvalue weighted by Gasteiger charge is -2.38. The topological polar surface area (TPSA) is 48.5 Å². The number of likely N-dealkylation sites (tertiary alicyclic amines) is 1. The summed E-state index contributed by atoms with van der Waals surface area (Å²) in [6, 6.07) is 18.8. The lowest BCUT2D eigenvalue weighted by atomic mass is 10.0. The van der Waals surface area contributed by atoms with E-state index in [1.165, 1.54) is 0 Å². The highest BCUT2D eigenvalue weighted by atomic mass is 32.1. The second-order valence-electron chi connectivity index (χ2n) is 9.35. The first kappa shape index (κ1) is 26.1. The zero-order chi connectivity index (χ0) is 26.7. The van der Waals surface area contributed by atoms with Crippen molar-refractivity contribution in [1.82, 2.24) is 14.8 Å². The van der Waals surface area contributed by atoms with Crippen LogP contribution in [0.25, 0.3) is 10.2 Å². The van der Waals surface area contributed by atoms with Crippen LogP contribution in [0.1, 0.15) is 29.0 Å². The van der Waals surface area contributed by atoms with E-state index in [0.717, 1.165) is 52.6 Å². The van der Waals surface area contributed by atoms with Crippen LogP contribution in [0.2, 0.25) is 0 Å². The summed E-state index contributed by atoms with van der Waals surface area (Å²) >= 11 is 1.67. The Morgan fingerprint density at radius 1 is 1.03 bits per heavy atom. The fourth-order valence-corrected chi connectivity index (χ4v) is 5.75. The minimum Gasteiger partial charge on any atom is -0.317 e. The van der Waals surface area contributed by atoms with Gasteiger partial charge in [-0.05, 0) is 48.7 Å². The molecule has 2 amide bonds. The van der Waals surface area contributed by atoms with Crippen molar-refractivity contribution in [2.24, 2.45) is 0 Å². The number of hydrogen-bond donors (Lipinski definition) is 1. The molecule has 1 aliphatic heterocycles. The van der Waals surface area contributed by atoms with Gasteiger partial charge in [0.25, 0.3) is 0 Å². The van der Waals surface area contributed by atoms with E-state index in [2.05, 4.69) is 16.3 Å². The van der Waals surface area contributed by atoms with Gasteiger partial charge in [0.05, 0.1) is 22.3 Å². The summed E-state index contributed by atoms with van der Waals surface area (Å²) in [6.45, 7) is 2.51. The number of alkyl halides is 3. The van der Waals surface area contributed by atoms with Gasteiger partial charge in [0.15, 0.2) is 0 Å². The van der Waals surface area contributed by atoms with Crippen molar-refractivity contribution >= 4 is 33.3 Å². The average molecular weight is 543 g/mol. The lowest BCUT2D eigenvalue weighted by molar-refractivity contribution is -0.137. The summed E-state index contributed by atoms with van der Waals surface area (Å²) in [5, 5.41) is 3.54. The quantitative estimate of drug-likeness (QED) is 0.263. The molecule has 1 N–H and O–H groups in total. The molecule has 5 nitrogen and oxygen atoms in total. The zero-order valence-corrected chi connectivity index (χ0v) is 21.2. The van der Waals surface area contributed by atoms with Crippen LogP contribution in [0.4, 0.5) is 28.0 Å². The van der Waals surface area contributed by atoms with Gasteiger partial charge in [-0.15, -0.1) is 11.3 Å². The molecule has 0 atom stereocenters. The molecule has 0 bridgehead atoms. The number of aromatic nitrogens is 1. The molecular weight excluding hydrogens is 516 g/mol. The van der Waals surface area contributed by atoms with Crippen molar-refractivity contribution in [3.8, 4) is 0 Å². The molecule has 3 aromatic carbocycles. The molecule has 38 heavy (non-hydrogen) atoms. The van der Waals surface area contributed by atoms with Crippen LogP contribution in [0, 0.1) is 5.82 Å². The van der Waals surface area contributed by atoms with E-state index < -0.39 is 23.6 Å². The Morgan fingerprint density at radius 2 is 1.74 bits per heavy atom. The second-order valence-corrected chi connectivity index (χ2v) is 10.5. The number of carbonyl (C=O) groups is 1. The molecule has 1 aromatic heterocycles. The number of para-hydroxylation sites is 1. The van der Waals surface area contributed by atoms with E-state index in [1.807, 2.05) is 48.5 Å². The molecule has 1 saturated heterocycles. The minimum absolute atomic E-state index is 0.127. The summed E-state index contributed by atoms with van der Waals surface area (Å²) in [4.78, 5) is 22.0. The second kappa shape index (κ2) is 11.1. The third kappa shape index (κ3) is 6.31. The Hall–Kier alpha value is -3.50. The molecule has 0 spiro atoms. The summed E-state index contributed by atoms with van der Waals surface area (Å²) in [7, 11) is 0. The van der Waals surface area contributed by atoms with Gasteiger partial charge >= 0.3 is 12.2 Å². The van der Waals surface area contributed by atoms with Crippen LogP contribution in [0.5, 0.6) is 0 Å². The van der Waals surface area contributed by atoms with Crippen molar-refractivity contribution in [3.05, 3.63) is 94.7 Å². The highest BCUT2D eigenvalue weighted by Crippen LogP contribution is 2.32. The van der Waals surface area contributed by atoms with Crippen molar-refractivity contribution in [3.63, 3.8) is 0 Å². The van der Waals surface area contributed by atoms with Crippen molar-refractivity contribution < 1.29 is 22.4 Å².